The number of fused-ring (bicyclic) bond motifs is 1. The van der Waals surface area contributed by atoms with Crippen LogP contribution in [0, 0.1) is 0 Å². The van der Waals surface area contributed by atoms with Gasteiger partial charge < -0.3 is 10.8 Å². The van der Waals surface area contributed by atoms with Gasteiger partial charge in [-0.3, -0.25) is 0 Å². The molecule has 0 spiro atoms. The summed E-state index contributed by atoms with van der Waals surface area (Å²) in [4.78, 5) is 0. The molecule has 0 aromatic heterocycles. The molecule has 0 unspecified atom stereocenters. The van der Waals surface area contributed by atoms with Crippen LogP contribution in [0.2, 0.25) is 0 Å². The van der Waals surface area contributed by atoms with E-state index < -0.39 is 0 Å². The third-order valence-corrected chi connectivity index (χ3v) is 3.19. The van der Waals surface area contributed by atoms with Crippen LogP contribution in [0.1, 0.15) is 37.8 Å². The molecular formula is C15H20ClNO. The van der Waals surface area contributed by atoms with Gasteiger partial charge in [0.05, 0.1) is 0 Å². The number of rotatable bonds is 4. The molecule has 2 nitrogen and oxygen atoms in total. The molecule has 0 fully saturated rings. The first-order chi connectivity index (χ1) is 8.24. The molecule has 3 N–H and O–H groups in total. The van der Waals surface area contributed by atoms with Gasteiger partial charge >= 0.3 is 0 Å². The summed E-state index contributed by atoms with van der Waals surface area (Å²) in [5.74, 6) is 0.312. The molecule has 0 amide bonds. The van der Waals surface area contributed by atoms with Crippen molar-refractivity contribution in [1.29, 1.82) is 0 Å². The third kappa shape index (κ3) is 2.95. The quantitative estimate of drug-likeness (QED) is 0.872. The monoisotopic (exact) mass is 265 g/mol. The number of nitrogens with two attached hydrogens (primary N) is 1. The van der Waals surface area contributed by atoms with E-state index in [-0.39, 0.29) is 18.4 Å². The van der Waals surface area contributed by atoms with E-state index in [1.54, 1.807) is 6.07 Å². The minimum Gasteiger partial charge on any atom is -0.508 e. The number of benzene rings is 2. The number of phenols is 1. The van der Waals surface area contributed by atoms with E-state index in [0.29, 0.717) is 5.75 Å². The lowest BCUT2D eigenvalue weighted by Gasteiger charge is -2.16. The first kappa shape index (κ1) is 14.8. The minimum absolute atomic E-state index is 0. The Morgan fingerprint density at radius 3 is 2.61 bits per heavy atom. The summed E-state index contributed by atoms with van der Waals surface area (Å²) in [5.41, 5.74) is 7.07. The zero-order valence-electron chi connectivity index (χ0n) is 10.6. The Balaban J connectivity index is 0.00000162. The van der Waals surface area contributed by atoms with Crippen molar-refractivity contribution in [2.24, 2.45) is 5.73 Å². The van der Waals surface area contributed by atoms with Crippen LogP contribution in [0.25, 0.3) is 10.8 Å². The molecule has 2 aromatic carbocycles. The van der Waals surface area contributed by atoms with Gasteiger partial charge in [0.2, 0.25) is 0 Å². The second-order valence-electron chi connectivity index (χ2n) is 4.47. The fourth-order valence-electron chi connectivity index (χ4n) is 2.24. The predicted octanol–water partition coefficient (Wildman–Crippen LogP) is 4.16. The number of halogens is 1. The summed E-state index contributed by atoms with van der Waals surface area (Å²) in [7, 11) is 0. The van der Waals surface area contributed by atoms with Gasteiger partial charge in [-0.05, 0) is 23.3 Å². The highest BCUT2D eigenvalue weighted by Gasteiger charge is 2.13. The summed E-state index contributed by atoms with van der Waals surface area (Å²) in [6, 6.07) is 11.6. The normalized spacial score (nSPS) is 12.1. The molecule has 98 valence electrons. The van der Waals surface area contributed by atoms with E-state index in [4.69, 9.17) is 5.73 Å². The van der Waals surface area contributed by atoms with Crippen LogP contribution >= 0.6 is 12.4 Å². The van der Waals surface area contributed by atoms with Gasteiger partial charge in [0.25, 0.3) is 0 Å². The molecule has 0 radical (unpaired) electrons. The van der Waals surface area contributed by atoms with Crippen molar-refractivity contribution in [2.45, 2.75) is 32.2 Å². The Morgan fingerprint density at radius 2 is 1.89 bits per heavy atom. The smallest absolute Gasteiger partial charge is 0.120 e. The molecule has 0 aliphatic carbocycles. The van der Waals surface area contributed by atoms with Crippen LogP contribution in [0.4, 0.5) is 0 Å². The minimum atomic E-state index is -0.0824. The predicted molar refractivity (Wildman–Crippen MR) is 79.3 cm³/mol. The molecule has 2 rings (SSSR count). The average Bonchev–Trinajstić information content (AvgIpc) is 2.35. The second kappa shape index (κ2) is 6.62. The highest BCUT2D eigenvalue weighted by Crippen LogP contribution is 2.33. The number of phenolic OH excluding ortho intramolecular Hbond substituents is 1. The lowest BCUT2D eigenvalue weighted by atomic mass is 9.95. The van der Waals surface area contributed by atoms with Crippen molar-refractivity contribution < 1.29 is 5.11 Å². The Hall–Kier alpha value is -1.25. The summed E-state index contributed by atoms with van der Waals surface area (Å²) >= 11 is 0. The number of hydrogen-bond acceptors (Lipinski definition) is 2. The summed E-state index contributed by atoms with van der Waals surface area (Å²) in [5, 5.41) is 12.2. The molecule has 1 atom stereocenters. The van der Waals surface area contributed by atoms with Gasteiger partial charge in [-0.25, -0.2) is 0 Å². The van der Waals surface area contributed by atoms with Crippen molar-refractivity contribution in [3.8, 4) is 5.75 Å². The lowest BCUT2D eigenvalue weighted by Crippen LogP contribution is -2.10. The highest BCUT2D eigenvalue weighted by molar-refractivity contribution is 5.88. The molecule has 2 aromatic rings. The van der Waals surface area contributed by atoms with Crippen LogP contribution in [0.3, 0.4) is 0 Å². The number of unbranched alkanes of at least 4 members (excludes halogenated alkanes) is 1. The Bertz CT molecular complexity index is 513. The molecule has 0 heterocycles. The number of aromatic hydroxyl groups is 1. The van der Waals surface area contributed by atoms with Crippen LogP contribution in [-0.2, 0) is 0 Å². The van der Waals surface area contributed by atoms with Crippen LogP contribution < -0.4 is 5.73 Å². The molecule has 0 bridgehead atoms. The first-order valence-electron chi connectivity index (χ1n) is 6.20. The van der Waals surface area contributed by atoms with Crippen LogP contribution in [-0.4, -0.2) is 5.11 Å². The fraction of sp³-hybridized carbons (Fsp3) is 0.333. The summed E-state index contributed by atoms with van der Waals surface area (Å²) in [6.45, 7) is 2.15. The molecule has 3 heteroatoms. The highest BCUT2D eigenvalue weighted by atomic mass is 35.5. The Labute approximate surface area is 114 Å². The Morgan fingerprint density at radius 1 is 1.17 bits per heavy atom. The van der Waals surface area contributed by atoms with E-state index in [1.165, 1.54) is 0 Å². The average molecular weight is 266 g/mol. The summed E-state index contributed by atoms with van der Waals surface area (Å²) in [6.07, 6.45) is 3.13. The fourth-order valence-corrected chi connectivity index (χ4v) is 2.24. The summed E-state index contributed by atoms with van der Waals surface area (Å²) < 4.78 is 0. The van der Waals surface area contributed by atoms with E-state index in [9.17, 15) is 5.11 Å². The standard InChI is InChI=1S/C15H19NO.ClH/c1-2-3-8-13(16)15-12-7-5-4-6-11(12)9-10-14(15)17;/h4-7,9-10,13,17H,2-3,8,16H2,1H3;1H/t13-;/m0./s1. The van der Waals surface area contributed by atoms with Gasteiger partial charge in [-0.15, -0.1) is 12.4 Å². The topological polar surface area (TPSA) is 46.2 Å². The first-order valence-corrected chi connectivity index (χ1v) is 6.20. The van der Waals surface area contributed by atoms with Gasteiger partial charge in [0.15, 0.2) is 0 Å². The van der Waals surface area contributed by atoms with Crippen molar-refractivity contribution >= 4 is 23.2 Å². The van der Waals surface area contributed by atoms with Crippen molar-refractivity contribution in [1.82, 2.24) is 0 Å². The maximum Gasteiger partial charge on any atom is 0.120 e. The van der Waals surface area contributed by atoms with Gasteiger partial charge in [0.1, 0.15) is 5.75 Å². The van der Waals surface area contributed by atoms with E-state index in [0.717, 1.165) is 35.6 Å². The molecule has 0 aliphatic rings. The molecular weight excluding hydrogens is 246 g/mol. The van der Waals surface area contributed by atoms with Crippen LogP contribution in [0.15, 0.2) is 36.4 Å². The second-order valence-corrected chi connectivity index (χ2v) is 4.47. The Kier molecular flexibility index (Phi) is 5.45. The maximum atomic E-state index is 10.00. The van der Waals surface area contributed by atoms with E-state index in [1.807, 2.05) is 30.3 Å². The zero-order chi connectivity index (χ0) is 12.3. The molecule has 0 saturated heterocycles. The third-order valence-electron chi connectivity index (χ3n) is 3.19. The van der Waals surface area contributed by atoms with E-state index >= 15 is 0 Å². The number of hydrogen-bond donors (Lipinski definition) is 2. The van der Waals surface area contributed by atoms with Crippen LogP contribution in [0.5, 0.6) is 5.75 Å². The van der Waals surface area contributed by atoms with E-state index in [2.05, 4.69) is 6.92 Å². The van der Waals surface area contributed by atoms with Gasteiger partial charge in [-0.2, -0.15) is 0 Å². The van der Waals surface area contributed by atoms with Gasteiger partial charge in [-0.1, -0.05) is 50.1 Å². The van der Waals surface area contributed by atoms with Gasteiger partial charge in [0, 0.05) is 11.6 Å². The van der Waals surface area contributed by atoms with Crippen molar-refractivity contribution in [3.05, 3.63) is 42.0 Å². The molecule has 0 saturated carbocycles. The SMILES string of the molecule is CCCC[C@H](N)c1c(O)ccc2ccccc12.Cl. The maximum absolute atomic E-state index is 10.00. The molecule has 18 heavy (non-hydrogen) atoms. The van der Waals surface area contributed by atoms with Crippen molar-refractivity contribution in [2.75, 3.05) is 0 Å². The lowest BCUT2D eigenvalue weighted by molar-refractivity contribution is 0.458. The molecule has 0 aliphatic heterocycles. The largest absolute Gasteiger partial charge is 0.508 e. The van der Waals surface area contributed by atoms with Crippen molar-refractivity contribution in [3.63, 3.8) is 0 Å². The zero-order valence-corrected chi connectivity index (χ0v) is 11.4.